The highest BCUT2D eigenvalue weighted by atomic mass is 16.1. The van der Waals surface area contributed by atoms with E-state index in [4.69, 9.17) is 0 Å². The third-order valence-electron chi connectivity index (χ3n) is 4.01. The van der Waals surface area contributed by atoms with Gasteiger partial charge in [0.15, 0.2) is 5.78 Å². The van der Waals surface area contributed by atoms with E-state index in [9.17, 15) is 4.79 Å². The van der Waals surface area contributed by atoms with Gasteiger partial charge in [-0.2, -0.15) is 0 Å². The first kappa shape index (κ1) is 9.37. The highest BCUT2D eigenvalue weighted by Gasteiger charge is 2.32. The van der Waals surface area contributed by atoms with E-state index < -0.39 is 0 Å². The van der Waals surface area contributed by atoms with Crippen LogP contribution in [0, 0.1) is 0 Å². The van der Waals surface area contributed by atoms with Gasteiger partial charge in [-0.15, -0.1) is 0 Å². The van der Waals surface area contributed by atoms with Crippen molar-refractivity contribution in [3.8, 4) is 0 Å². The molecule has 1 atom stereocenters. The van der Waals surface area contributed by atoms with Crippen molar-refractivity contribution < 1.29 is 4.79 Å². The van der Waals surface area contributed by atoms with Crippen molar-refractivity contribution in [2.75, 3.05) is 6.54 Å². The van der Waals surface area contributed by atoms with Crippen LogP contribution in [0.15, 0.2) is 58.2 Å². The second-order valence-electron chi connectivity index (χ2n) is 4.94. The summed E-state index contributed by atoms with van der Waals surface area (Å²) < 4.78 is 0. The maximum absolute atomic E-state index is 11.5. The fourth-order valence-electron chi connectivity index (χ4n) is 3.22. The quantitative estimate of drug-likeness (QED) is 0.680. The van der Waals surface area contributed by atoms with E-state index in [-0.39, 0.29) is 5.78 Å². The molecule has 0 radical (unpaired) electrons. The molecule has 1 fully saturated rings. The summed E-state index contributed by atoms with van der Waals surface area (Å²) in [6, 6.07) is 0.533. The van der Waals surface area contributed by atoms with E-state index in [1.54, 1.807) is 12.2 Å². The lowest BCUT2D eigenvalue weighted by Gasteiger charge is -2.20. The highest BCUT2D eigenvalue weighted by Crippen LogP contribution is 2.44. The van der Waals surface area contributed by atoms with Crippen molar-refractivity contribution in [1.29, 1.82) is 0 Å². The van der Waals surface area contributed by atoms with Crippen LogP contribution in [0.2, 0.25) is 0 Å². The summed E-state index contributed by atoms with van der Waals surface area (Å²) in [5, 5.41) is 3.53. The minimum absolute atomic E-state index is 0.107. The number of hydrogen-bond acceptors (Lipinski definition) is 2. The van der Waals surface area contributed by atoms with E-state index in [1.807, 2.05) is 6.08 Å². The molecule has 3 aliphatic carbocycles. The summed E-state index contributed by atoms with van der Waals surface area (Å²) in [7, 11) is 0. The Hall–Kier alpha value is -1.67. The second-order valence-corrected chi connectivity index (χ2v) is 4.94. The van der Waals surface area contributed by atoms with Gasteiger partial charge in [0, 0.05) is 6.04 Å². The second kappa shape index (κ2) is 3.17. The summed E-state index contributed by atoms with van der Waals surface area (Å²) in [5.41, 5.74) is 6.52. The van der Waals surface area contributed by atoms with Gasteiger partial charge in [-0.3, -0.25) is 4.79 Å². The molecule has 1 saturated heterocycles. The van der Waals surface area contributed by atoms with Gasteiger partial charge in [-0.25, -0.2) is 0 Å². The van der Waals surface area contributed by atoms with E-state index in [1.165, 1.54) is 22.3 Å². The molecular weight excluding hydrogens is 210 g/mol. The molecule has 0 aromatic rings. The maximum atomic E-state index is 11.5. The van der Waals surface area contributed by atoms with Crippen molar-refractivity contribution in [1.82, 2.24) is 5.32 Å². The van der Waals surface area contributed by atoms with Crippen LogP contribution in [0.4, 0.5) is 0 Å². The molecule has 84 valence electrons. The van der Waals surface area contributed by atoms with Crippen molar-refractivity contribution >= 4 is 5.78 Å². The lowest BCUT2D eigenvalue weighted by atomic mass is 9.87. The highest BCUT2D eigenvalue weighted by molar-refractivity contribution is 6.04. The molecule has 0 amide bonds. The van der Waals surface area contributed by atoms with E-state index in [2.05, 4.69) is 17.5 Å². The molecule has 0 aromatic heterocycles. The molecule has 1 unspecified atom stereocenters. The Morgan fingerprint density at radius 3 is 3.06 bits per heavy atom. The molecule has 1 aliphatic heterocycles. The van der Waals surface area contributed by atoms with Gasteiger partial charge < -0.3 is 5.32 Å². The summed E-state index contributed by atoms with van der Waals surface area (Å²) in [5.74, 6) is 0.107. The van der Waals surface area contributed by atoms with Crippen molar-refractivity contribution in [3.05, 3.63) is 58.2 Å². The Morgan fingerprint density at radius 1 is 1.18 bits per heavy atom. The first-order valence-corrected chi connectivity index (χ1v) is 6.16. The van der Waals surface area contributed by atoms with Gasteiger partial charge in [0.25, 0.3) is 0 Å². The zero-order valence-corrected chi connectivity index (χ0v) is 9.49. The average molecular weight is 223 g/mol. The molecule has 1 heterocycles. The van der Waals surface area contributed by atoms with Crippen LogP contribution >= 0.6 is 0 Å². The first-order valence-electron chi connectivity index (χ1n) is 6.16. The normalized spacial score (nSPS) is 29.5. The molecule has 0 spiro atoms. The summed E-state index contributed by atoms with van der Waals surface area (Å²) in [4.78, 5) is 11.5. The molecule has 4 aliphatic rings. The fraction of sp³-hybridized carbons (Fsp3) is 0.267. The fourth-order valence-corrected chi connectivity index (χ4v) is 3.22. The minimum atomic E-state index is 0.107. The van der Waals surface area contributed by atoms with Gasteiger partial charge in [-0.1, -0.05) is 12.2 Å². The van der Waals surface area contributed by atoms with Gasteiger partial charge in [0.05, 0.1) is 0 Å². The number of carbonyl (C=O) groups is 1. The standard InChI is InChI=1S/C15H13NO/c17-10-2-1-9-7-14-11(13(9)8-10)3-4-15-12(14)5-6-16-15/h1-3,7-8,15-16H,4-6H2. The number of rotatable bonds is 0. The number of ketones is 1. The van der Waals surface area contributed by atoms with Crippen molar-refractivity contribution in [3.63, 3.8) is 0 Å². The minimum Gasteiger partial charge on any atom is -0.310 e. The summed E-state index contributed by atoms with van der Waals surface area (Å²) >= 11 is 0. The number of nitrogens with one attached hydrogen (secondary N) is 1. The lowest BCUT2D eigenvalue weighted by molar-refractivity contribution is -0.110. The van der Waals surface area contributed by atoms with Crippen LogP contribution in [0.25, 0.3) is 0 Å². The molecule has 2 nitrogen and oxygen atoms in total. The summed E-state index contributed by atoms with van der Waals surface area (Å²) in [6.45, 7) is 1.08. The molecule has 17 heavy (non-hydrogen) atoms. The molecule has 0 saturated carbocycles. The Bertz CT molecular complexity index is 584. The van der Waals surface area contributed by atoms with Crippen molar-refractivity contribution in [2.24, 2.45) is 0 Å². The van der Waals surface area contributed by atoms with Gasteiger partial charge in [0.1, 0.15) is 0 Å². The van der Waals surface area contributed by atoms with Crippen LogP contribution < -0.4 is 5.32 Å². The van der Waals surface area contributed by atoms with Crippen molar-refractivity contribution in [2.45, 2.75) is 18.9 Å². The van der Waals surface area contributed by atoms with E-state index >= 15 is 0 Å². The number of carbonyl (C=O) groups excluding carboxylic acids is 1. The van der Waals surface area contributed by atoms with Crippen LogP contribution in [0.1, 0.15) is 12.8 Å². The molecule has 4 rings (SSSR count). The molecule has 1 N–H and O–H groups in total. The lowest BCUT2D eigenvalue weighted by Crippen LogP contribution is -2.24. The smallest absolute Gasteiger partial charge is 0.179 e. The third kappa shape index (κ3) is 1.22. The summed E-state index contributed by atoms with van der Waals surface area (Å²) in [6.07, 6.45) is 12.1. The Labute approximate surface area is 100 Å². The van der Waals surface area contributed by atoms with Gasteiger partial charge >= 0.3 is 0 Å². The predicted octanol–water partition coefficient (Wildman–Crippen LogP) is 1.98. The SMILES string of the molecule is O=C1C=CC2=CC3=C4CCNC4CC=C3C2=C1. The average Bonchev–Trinajstić information content (AvgIpc) is 2.91. The van der Waals surface area contributed by atoms with Crippen LogP contribution in [-0.4, -0.2) is 18.4 Å². The molecule has 2 heteroatoms. The molecule has 0 bridgehead atoms. The first-order chi connectivity index (χ1) is 8.33. The number of hydrogen-bond donors (Lipinski definition) is 1. The van der Waals surface area contributed by atoms with Gasteiger partial charge in [0.2, 0.25) is 0 Å². The Kier molecular flexibility index (Phi) is 1.75. The van der Waals surface area contributed by atoms with Crippen LogP contribution in [-0.2, 0) is 4.79 Å². The topological polar surface area (TPSA) is 29.1 Å². The monoisotopic (exact) mass is 223 g/mol. The Balaban J connectivity index is 1.91. The zero-order chi connectivity index (χ0) is 11.4. The zero-order valence-electron chi connectivity index (χ0n) is 9.49. The van der Waals surface area contributed by atoms with Gasteiger partial charge in [-0.05, 0) is 65.5 Å². The number of fused-ring (bicyclic) bond motifs is 4. The largest absolute Gasteiger partial charge is 0.310 e. The van der Waals surface area contributed by atoms with E-state index in [0.29, 0.717) is 6.04 Å². The predicted molar refractivity (Wildman–Crippen MR) is 66.4 cm³/mol. The maximum Gasteiger partial charge on any atom is 0.179 e. The number of allylic oxidation sites excluding steroid dienone is 8. The Morgan fingerprint density at radius 2 is 2.12 bits per heavy atom. The third-order valence-corrected chi connectivity index (χ3v) is 4.01. The molecule has 0 aromatic carbocycles. The van der Waals surface area contributed by atoms with Crippen LogP contribution in [0.5, 0.6) is 0 Å². The van der Waals surface area contributed by atoms with Crippen LogP contribution in [0.3, 0.4) is 0 Å². The van der Waals surface area contributed by atoms with E-state index in [0.717, 1.165) is 25.0 Å². The molecular formula is C15H13NO.